The molecule has 0 bridgehead atoms. The Bertz CT molecular complexity index is 1490. The van der Waals surface area contributed by atoms with Crippen LogP contribution < -0.4 is 10.3 Å². The lowest BCUT2D eigenvalue weighted by molar-refractivity contribution is 0.602. The molecule has 1 aliphatic heterocycles. The summed E-state index contributed by atoms with van der Waals surface area (Å²) in [6, 6.07) is 10.8. The Morgan fingerprint density at radius 1 is 1.12 bits per heavy atom. The molecule has 1 fully saturated rings. The Labute approximate surface area is 202 Å². The number of pyridine rings is 1. The molecule has 0 radical (unpaired) electrons. The van der Waals surface area contributed by atoms with Crippen molar-refractivity contribution in [2.45, 2.75) is 25.8 Å². The molecule has 2 heterocycles. The highest BCUT2D eigenvalue weighted by molar-refractivity contribution is 7.92. The zero-order valence-corrected chi connectivity index (χ0v) is 20.3. The van der Waals surface area contributed by atoms with E-state index in [-0.39, 0.29) is 33.9 Å². The molecular formula is C25H23ClFN3O3S. The SMILES string of the molecule is CCS(=O)(=O)Nc1cc2c(cc1Cl)C(c1ccc(F)cc1)=N[C@@H](C1CC1)c1cc(=O)n(C)cc1-2. The second-order valence-electron chi connectivity index (χ2n) is 8.74. The lowest BCUT2D eigenvalue weighted by Crippen LogP contribution is -2.18. The summed E-state index contributed by atoms with van der Waals surface area (Å²) in [5.41, 5.74) is 4.45. The fraction of sp³-hybridized carbons (Fsp3) is 0.280. The summed E-state index contributed by atoms with van der Waals surface area (Å²) < 4.78 is 42.3. The summed E-state index contributed by atoms with van der Waals surface area (Å²) in [7, 11) is -1.89. The number of fused-ring (bicyclic) bond motifs is 3. The van der Waals surface area contributed by atoms with Gasteiger partial charge in [-0.1, -0.05) is 11.6 Å². The maximum Gasteiger partial charge on any atom is 0.250 e. The van der Waals surface area contributed by atoms with E-state index in [9.17, 15) is 17.6 Å². The van der Waals surface area contributed by atoms with E-state index in [1.807, 2.05) is 0 Å². The molecule has 34 heavy (non-hydrogen) atoms. The highest BCUT2D eigenvalue weighted by atomic mass is 35.5. The van der Waals surface area contributed by atoms with Crippen molar-refractivity contribution in [3.05, 3.63) is 86.5 Å². The molecule has 1 aliphatic carbocycles. The monoisotopic (exact) mass is 499 g/mol. The van der Waals surface area contributed by atoms with E-state index in [4.69, 9.17) is 16.6 Å². The van der Waals surface area contributed by atoms with E-state index < -0.39 is 10.0 Å². The highest BCUT2D eigenvalue weighted by Crippen LogP contribution is 2.49. The van der Waals surface area contributed by atoms with Gasteiger partial charge in [-0.3, -0.25) is 14.5 Å². The van der Waals surface area contributed by atoms with Gasteiger partial charge in [0.1, 0.15) is 5.82 Å². The van der Waals surface area contributed by atoms with Crippen molar-refractivity contribution in [3.8, 4) is 11.1 Å². The molecule has 5 rings (SSSR count). The Morgan fingerprint density at radius 3 is 2.47 bits per heavy atom. The van der Waals surface area contributed by atoms with Crippen LogP contribution in [0.15, 0.2) is 58.4 Å². The molecule has 0 spiro atoms. The van der Waals surface area contributed by atoms with Crippen LogP contribution in [0.2, 0.25) is 5.02 Å². The number of anilines is 1. The maximum absolute atomic E-state index is 13.7. The number of aryl methyl sites for hydroxylation is 1. The number of rotatable bonds is 5. The third-order valence-electron chi connectivity index (χ3n) is 6.33. The maximum atomic E-state index is 13.7. The lowest BCUT2D eigenvalue weighted by Gasteiger charge is -2.17. The van der Waals surface area contributed by atoms with E-state index in [1.165, 1.54) is 16.7 Å². The molecule has 0 amide bonds. The van der Waals surface area contributed by atoms with E-state index >= 15 is 0 Å². The van der Waals surface area contributed by atoms with Crippen LogP contribution in [0.1, 0.15) is 42.5 Å². The third kappa shape index (κ3) is 4.16. The standard InChI is InChI=1S/C25H23ClFN3O3S/c1-3-34(32,33)29-22-11-17-18(10-21(22)26)24(15-6-8-16(27)9-7-15)28-25(14-4-5-14)19-12-23(31)30(2)13-20(17)19/h6-14,25,29H,3-5H2,1-2H3/t25-/m0/s1. The molecule has 2 aromatic carbocycles. The summed E-state index contributed by atoms with van der Waals surface area (Å²) in [5.74, 6) is -0.160. The van der Waals surface area contributed by atoms with Crippen LogP contribution in [0.25, 0.3) is 11.1 Å². The minimum absolute atomic E-state index is 0.0997. The molecule has 2 aliphatic rings. The Balaban J connectivity index is 1.82. The first-order valence-electron chi connectivity index (χ1n) is 11.1. The molecule has 1 saturated carbocycles. The molecule has 1 N–H and O–H groups in total. The van der Waals surface area contributed by atoms with Crippen LogP contribution in [-0.4, -0.2) is 24.4 Å². The van der Waals surface area contributed by atoms with Crippen molar-refractivity contribution in [2.75, 3.05) is 10.5 Å². The number of nitrogens with zero attached hydrogens (tertiary/aromatic N) is 2. The van der Waals surface area contributed by atoms with Gasteiger partial charge >= 0.3 is 0 Å². The van der Waals surface area contributed by atoms with Crippen molar-refractivity contribution >= 4 is 33.0 Å². The fourth-order valence-corrected chi connectivity index (χ4v) is 5.23. The van der Waals surface area contributed by atoms with Crippen molar-refractivity contribution in [1.29, 1.82) is 0 Å². The van der Waals surface area contributed by atoms with Gasteiger partial charge in [-0.15, -0.1) is 0 Å². The van der Waals surface area contributed by atoms with Crippen molar-refractivity contribution in [2.24, 2.45) is 18.0 Å². The van der Waals surface area contributed by atoms with E-state index in [1.54, 1.807) is 50.5 Å². The molecule has 0 saturated heterocycles. The number of nitrogens with one attached hydrogen (secondary N) is 1. The molecule has 1 aromatic heterocycles. The molecule has 3 aromatic rings. The smallest absolute Gasteiger partial charge is 0.250 e. The van der Waals surface area contributed by atoms with Gasteiger partial charge in [0.25, 0.3) is 5.56 Å². The minimum atomic E-state index is -3.57. The predicted molar refractivity (Wildman–Crippen MR) is 133 cm³/mol. The second kappa shape index (κ2) is 8.36. The van der Waals surface area contributed by atoms with E-state index in [2.05, 4.69) is 4.72 Å². The first kappa shape index (κ1) is 22.8. The van der Waals surface area contributed by atoms with Crippen LogP contribution in [0.4, 0.5) is 10.1 Å². The van der Waals surface area contributed by atoms with Gasteiger partial charge in [-0.05, 0) is 73.2 Å². The van der Waals surface area contributed by atoms with Crippen LogP contribution in [0, 0.1) is 11.7 Å². The molecule has 1 atom stereocenters. The summed E-state index contributed by atoms with van der Waals surface area (Å²) in [6.45, 7) is 1.55. The topological polar surface area (TPSA) is 80.5 Å². The number of aromatic nitrogens is 1. The Kier molecular flexibility index (Phi) is 5.61. The van der Waals surface area contributed by atoms with Crippen molar-refractivity contribution in [3.63, 3.8) is 0 Å². The van der Waals surface area contributed by atoms with Gasteiger partial charge in [0.2, 0.25) is 10.0 Å². The third-order valence-corrected chi connectivity index (χ3v) is 7.94. The van der Waals surface area contributed by atoms with Gasteiger partial charge in [0.15, 0.2) is 0 Å². The predicted octanol–water partition coefficient (Wildman–Crippen LogP) is 4.91. The van der Waals surface area contributed by atoms with Gasteiger partial charge in [-0.25, -0.2) is 12.8 Å². The first-order valence-corrected chi connectivity index (χ1v) is 13.1. The Morgan fingerprint density at radius 2 is 1.82 bits per heavy atom. The second-order valence-corrected chi connectivity index (χ2v) is 11.2. The zero-order chi connectivity index (χ0) is 24.2. The van der Waals surface area contributed by atoms with Crippen LogP contribution >= 0.6 is 11.6 Å². The van der Waals surface area contributed by atoms with E-state index in [0.29, 0.717) is 28.3 Å². The summed E-state index contributed by atoms with van der Waals surface area (Å²) >= 11 is 6.55. The minimum Gasteiger partial charge on any atom is -0.318 e. The lowest BCUT2D eigenvalue weighted by atomic mass is 9.91. The average molecular weight is 500 g/mol. The molecule has 0 unspecified atom stereocenters. The van der Waals surface area contributed by atoms with Gasteiger partial charge < -0.3 is 4.57 Å². The number of hydrogen-bond acceptors (Lipinski definition) is 4. The van der Waals surface area contributed by atoms with Crippen LogP contribution in [-0.2, 0) is 17.1 Å². The molecule has 9 heteroatoms. The Hall–Kier alpha value is -2.97. The van der Waals surface area contributed by atoms with Gasteiger partial charge in [-0.2, -0.15) is 0 Å². The number of hydrogen-bond donors (Lipinski definition) is 1. The zero-order valence-electron chi connectivity index (χ0n) is 18.7. The summed E-state index contributed by atoms with van der Waals surface area (Å²) in [6.07, 6.45) is 3.76. The quantitative estimate of drug-likeness (QED) is 0.541. The summed E-state index contributed by atoms with van der Waals surface area (Å²) in [5, 5.41) is 0.224. The summed E-state index contributed by atoms with van der Waals surface area (Å²) in [4.78, 5) is 17.7. The number of sulfonamides is 1. The van der Waals surface area contributed by atoms with E-state index in [0.717, 1.165) is 24.0 Å². The number of aliphatic imine (C=N–C) groups is 1. The van der Waals surface area contributed by atoms with Crippen LogP contribution in [0.3, 0.4) is 0 Å². The normalized spacial score (nSPS) is 17.4. The van der Waals surface area contributed by atoms with Crippen molar-refractivity contribution < 1.29 is 12.8 Å². The average Bonchev–Trinajstić information content (AvgIpc) is 3.64. The van der Waals surface area contributed by atoms with Crippen LogP contribution in [0.5, 0.6) is 0 Å². The van der Waals surface area contributed by atoms with Gasteiger partial charge in [0.05, 0.1) is 28.2 Å². The number of halogens is 2. The number of benzene rings is 2. The molecule has 176 valence electrons. The fourth-order valence-electron chi connectivity index (χ4n) is 4.31. The van der Waals surface area contributed by atoms with Crippen molar-refractivity contribution in [1.82, 2.24) is 4.57 Å². The largest absolute Gasteiger partial charge is 0.318 e. The molecule has 6 nitrogen and oxygen atoms in total. The van der Waals surface area contributed by atoms with Gasteiger partial charge in [0, 0.05) is 36.0 Å². The first-order chi connectivity index (χ1) is 16.2. The molecular weight excluding hydrogens is 477 g/mol. The highest BCUT2D eigenvalue weighted by Gasteiger charge is 2.37.